The van der Waals surface area contributed by atoms with Gasteiger partial charge in [0, 0.05) is 48.6 Å². The molecule has 14 nitrogen and oxygen atoms in total. The molecule has 8 atom stereocenters. The summed E-state index contributed by atoms with van der Waals surface area (Å²) in [5.74, 6) is 1.07. The molecular weight excluding hydrogens is 869 g/mol. The third-order valence-electron chi connectivity index (χ3n) is 14.5. The third-order valence-corrected chi connectivity index (χ3v) is 15.1. The molecule has 0 radical (unpaired) electrons. The molecule has 2 aliphatic carbocycles. The molecule has 4 aromatic rings. The Balaban J connectivity index is 0.819. The zero-order valence-corrected chi connectivity index (χ0v) is 38.3. The number of aromatic nitrogens is 2. The Morgan fingerprint density at radius 2 is 1.34 bits per heavy atom. The van der Waals surface area contributed by atoms with E-state index in [9.17, 15) is 19.2 Å². The molecule has 1 unspecified atom stereocenters. The van der Waals surface area contributed by atoms with Crippen LogP contribution in [-0.4, -0.2) is 107 Å². The Labute approximate surface area is 387 Å². The lowest BCUT2D eigenvalue weighted by Crippen LogP contribution is -2.56. The van der Waals surface area contributed by atoms with Crippen LogP contribution in [0, 0.1) is 23.7 Å². The van der Waals surface area contributed by atoms with Gasteiger partial charge in [0.05, 0.1) is 26.3 Å². The van der Waals surface area contributed by atoms with Gasteiger partial charge in [-0.1, -0.05) is 85.6 Å². The quantitative estimate of drug-likeness (QED) is 0.126. The molecule has 6 aliphatic rings. The van der Waals surface area contributed by atoms with Crippen molar-refractivity contribution >= 4 is 69.3 Å². The number of rotatable bonds is 11. The lowest BCUT2D eigenvalue weighted by Gasteiger charge is -2.36. The summed E-state index contributed by atoms with van der Waals surface area (Å²) in [6.07, 6.45) is 4.20. The van der Waals surface area contributed by atoms with Gasteiger partial charge in [-0.15, -0.1) is 0 Å². The molecule has 1 aromatic heterocycles. The van der Waals surface area contributed by atoms with Crippen molar-refractivity contribution < 1.29 is 33.4 Å². The summed E-state index contributed by atoms with van der Waals surface area (Å²) in [6, 6.07) is 19.3. The molecule has 65 heavy (non-hydrogen) atoms. The molecule has 340 valence electrons. The molecule has 0 spiro atoms. The largest absolute Gasteiger partial charge is 0.453 e. The predicted molar refractivity (Wildman–Crippen MR) is 247 cm³/mol. The number of nitrogens with zero attached hydrogens (tertiary/aromatic N) is 4. The number of carbonyl (C=O) groups excluding carboxylic acids is 4. The zero-order chi connectivity index (χ0) is 45.3. The number of methoxy groups -OCH3 is 2. The lowest BCUT2D eigenvalue weighted by atomic mass is 9.90. The number of alkyl carbamates (subject to hydrolysis) is 2. The van der Waals surface area contributed by atoms with Crippen molar-refractivity contribution in [3.05, 3.63) is 82.4 Å². The van der Waals surface area contributed by atoms with Crippen LogP contribution >= 0.6 is 23.2 Å². The number of allylic oxidation sites excluding steroid dienone is 1. The second-order valence-corrected chi connectivity index (χ2v) is 19.5. The van der Waals surface area contributed by atoms with Crippen LogP contribution < -0.4 is 10.6 Å². The monoisotopic (exact) mass is 921 g/mol. The number of ether oxygens (including phenoxy) is 3. The third kappa shape index (κ3) is 8.26. The average molecular weight is 923 g/mol. The normalized spacial score (nSPS) is 25.6. The fraction of sp³-hybridized carbons (Fsp3) is 0.469. The highest BCUT2D eigenvalue weighted by molar-refractivity contribution is 6.35. The summed E-state index contributed by atoms with van der Waals surface area (Å²) in [6.45, 7) is 4.92. The number of piperidine rings is 2. The van der Waals surface area contributed by atoms with Gasteiger partial charge in [0.25, 0.3) is 0 Å². The molecular formula is C49H53Cl2N7O7. The molecule has 3 N–H and O–H groups in total. The van der Waals surface area contributed by atoms with Crippen molar-refractivity contribution in [2.24, 2.45) is 28.7 Å². The number of likely N-dealkylation sites (tertiary alicyclic amines) is 2. The zero-order valence-electron chi connectivity index (χ0n) is 36.8. The number of nitrogens with one attached hydrogen (secondary N) is 3. The number of H-pyrrole nitrogens is 1. The molecule has 4 aliphatic heterocycles. The van der Waals surface area contributed by atoms with Crippen molar-refractivity contribution in [3.63, 3.8) is 0 Å². The number of hydrogen-bond acceptors (Lipinski definition) is 9. The Hall–Kier alpha value is -5.44. The van der Waals surface area contributed by atoms with Crippen molar-refractivity contribution in [2.75, 3.05) is 27.4 Å². The lowest BCUT2D eigenvalue weighted by molar-refractivity contribution is -0.137. The van der Waals surface area contributed by atoms with Gasteiger partial charge in [-0.25, -0.2) is 19.6 Å². The Kier molecular flexibility index (Phi) is 11.6. The van der Waals surface area contributed by atoms with Gasteiger partial charge < -0.3 is 39.6 Å². The van der Waals surface area contributed by atoms with Crippen LogP contribution in [0.2, 0.25) is 5.15 Å². The number of hydrogen-bond donors (Lipinski definition) is 3. The molecule has 3 aromatic carbocycles. The first-order chi connectivity index (χ1) is 31.4. The summed E-state index contributed by atoms with van der Waals surface area (Å²) in [5.41, 5.74) is 6.36. The van der Waals surface area contributed by atoms with E-state index in [0.29, 0.717) is 66.1 Å². The summed E-state index contributed by atoms with van der Waals surface area (Å²) in [4.78, 5) is 69.7. The van der Waals surface area contributed by atoms with Gasteiger partial charge in [0.2, 0.25) is 11.8 Å². The second-order valence-electron chi connectivity index (χ2n) is 18.7. The number of aliphatic imine (C=N–C) groups is 1. The van der Waals surface area contributed by atoms with E-state index in [-0.39, 0.29) is 47.8 Å². The number of aromatic amines is 1. The number of fused-ring (bicyclic) bond motifs is 3. The van der Waals surface area contributed by atoms with Crippen LogP contribution in [0.25, 0.3) is 38.7 Å². The van der Waals surface area contributed by atoms with Gasteiger partial charge >= 0.3 is 12.2 Å². The number of amides is 4. The van der Waals surface area contributed by atoms with Crippen molar-refractivity contribution in [1.29, 1.82) is 0 Å². The van der Waals surface area contributed by atoms with Gasteiger partial charge in [0.15, 0.2) is 0 Å². The highest BCUT2D eigenvalue weighted by Gasteiger charge is 2.58. The van der Waals surface area contributed by atoms with Crippen molar-refractivity contribution in [2.45, 2.75) is 95.0 Å². The van der Waals surface area contributed by atoms with Crippen molar-refractivity contribution in [1.82, 2.24) is 30.4 Å². The highest BCUT2D eigenvalue weighted by atomic mass is 35.5. The second kappa shape index (κ2) is 17.4. The van der Waals surface area contributed by atoms with E-state index in [2.05, 4.69) is 64.1 Å². The Bertz CT molecular complexity index is 2620. The standard InChI is InChI=1S/C49H53Cl2N7O7/c1-24(2)40(54-48(61)63-3)46(59)58-37-20-33(37)22-39(58)45-53-41(44(51)56-45)26-7-5-25(6-8-26)28-9-10-30-18-31(12-11-29(30)17-28)34-23-35(52-43(34)50)38-21-32-19-36(32)57(38)47(60)42(55-49(62)64-4)27-13-15-65-16-14-27/h5-12,17-18,24,27,32-33,36-40,42H,13-16,19-23H2,1-4H3,(H,53,56)(H,54,61)(H,55,62)/t32-,33-,36-,37-,38?,39+,40+,42+/m1/s1. The smallest absolute Gasteiger partial charge is 0.407 e. The van der Waals surface area contributed by atoms with Gasteiger partial charge in [-0.2, -0.15) is 0 Å². The van der Waals surface area contributed by atoms with Crippen LogP contribution in [0.3, 0.4) is 0 Å². The summed E-state index contributed by atoms with van der Waals surface area (Å²) < 4.78 is 15.3. The number of halogens is 2. The van der Waals surface area contributed by atoms with E-state index < -0.39 is 24.3 Å². The molecule has 0 bridgehead atoms. The predicted octanol–water partition coefficient (Wildman–Crippen LogP) is 8.49. The molecule has 2 saturated carbocycles. The molecule has 3 saturated heterocycles. The topological polar surface area (TPSA) is 168 Å². The van der Waals surface area contributed by atoms with E-state index in [1.807, 2.05) is 35.8 Å². The summed E-state index contributed by atoms with van der Waals surface area (Å²) in [7, 11) is 2.61. The van der Waals surface area contributed by atoms with E-state index >= 15 is 0 Å². The maximum absolute atomic E-state index is 14.3. The van der Waals surface area contributed by atoms with Gasteiger partial charge in [0.1, 0.15) is 33.9 Å². The number of benzene rings is 3. The van der Waals surface area contributed by atoms with Crippen LogP contribution in [-0.2, 0) is 23.8 Å². The fourth-order valence-corrected chi connectivity index (χ4v) is 11.3. The highest BCUT2D eigenvalue weighted by Crippen LogP contribution is 2.54. The molecule has 10 rings (SSSR count). The van der Waals surface area contributed by atoms with Crippen LogP contribution in [0.15, 0.2) is 70.8 Å². The first-order valence-electron chi connectivity index (χ1n) is 22.7. The first kappa shape index (κ1) is 43.5. The van der Waals surface area contributed by atoms with Crippen LogP contribution in [0.5, 0.6) is 0 Å². The van der Waals surface area contributed by atoms with E-state index in [4.69, 9.17) is 47.4 Å². The van der Waals surface area contributed by atoms with Crippen LogP contribution in [0.1, 0.15) is 76.2 Å². The van der Waals surface area contributed by atoms with Gasteiger partial charge in [-0.05, 0) is 102 Å². The molecule has 4 amide bonds. The van der Waals surface area contributed by atoms with Gasteiger partial charge in [-0.3, -0.25) is 9.59 Å². The molecule has 5 fully saturated rings. The summed E-state index contributed by atoms with van der Waals surface area (Å²) >= 11 is 13.7. The van der Waals surface area contributed by atoms with Crippen LogP contribution in [0.4, 0.5) is 9.59 Å². The average Bonchev–Trinajstić information content (AvgIpc) is 4.03. The minimum atomic E-state index is -0.718. The van der Waals surface area contributed by atoms with E-state index in [1.165, 1.54) is 14.2 Å². The molecule has 5 heterocycles. The molecule has 16 heteroatoms. The van der Waals surface area contributed by atoms with Crippen molar-refractivity contribution in [3.8, 4) is 22.4 Å². The minimum absolute atomic E-state index is 0.0348. The Morgan fingerprint density at radius 3 is 2.00 bits per heavy atom. The number of imidazole rings is 1. The Morgan fingerprint density at radius 1 is 0.754 bits per heavy atom. The fourth-order valence-electron chi connectivity index (χ4n) is 10.8. The minimum Gasteiger partial charge on any atom is -0.453 e. The first-order valence-corrected chi connectivity index (χ1v) is 23.4. The maximum Gasteiger partial charge on any atom is 0.407 e. The van der Waals surface area contributed by atoms with E-state index in [0.717, 1.165) is 70.0 Å². The van der Waals surface area contributed by atoms with E-state index in [1.54, 1.807) is 0 Å². The maximum atomic E-state index is 14.3. The number of carbonyl (C=O) groups is 4. The SMILES string of the molecule is COC(=O)N[C@H](C(=O)N1[C@@H]2C[C@@H]2C[C@H]1c1nc(-c2ccc(-c3ccc4cc(C5=C(Cl)N=C(C6C[C@H]7C[C@H]7N6C(=O)[C@@H](NC(=O)OC)C6CCOCC6)C5)ccc4c3)cc2)c(Cl)[nH]1)C(C)C. The summed E-state index contributed by atoms with van der Waals surface area (Å²) in [5, 5.41) is 8.58.